The van der Waals surface area contributed by atoms with Crippen molar-refractivity contribution in [1.82, 2.24) is 0 Å². The van der Waals surface area contributed by atoms with E-state index in [9.17, 15) is 9.90 Å². The lowest BCUT2D eigenvalue weighted by Crippen LogP contribution is -2.57. The number of aliphatic hydroxyl groups is 1. The zero-order valence-corrected chi connectivity index (χ0v) is 18.1. The van der Waals surface area contributed by atoms with Crippen molar-refractivity contribution in [3.63, 3.8) is 0 Å². The molecule has 4 saturated carbocycles. The van der Waals surface area contributed by atoms with E-state index in [1.54, 1.807) is 0 Å². The van der Waals surface area contributed by atoms with Crippen LogP contribution in [0.25, 0.3) is 0 Å². The molecular formula is C23H39NO2S. The molecule has 0 heterocycles. The van der Waals surface area contributed by atoms with Crippen LogP contribution >= 0.6 is 11.8 Å². The number of thioether (sulfide) groups is 1. The second kappa shape index (κ2) is 7.65. The third-order valence-corrected chi connectivity index (χ3v) is 10.9. The quantitative estimate of drug-likeness (QED) is 0.685. The number of hydrogen-bond acceptors (Lipinski definition) is 4. The summed E-state index contributed by atoms with van der Waals surface area (Å²) in [7, 11) is 0. The highest BCUT2D eigenvalue weighted by Crippen LogP contribution is 2.67. The van der Waals surface area contributed by atoms with Crippen LogP contribution in [0.5, 0.6) is 0 Å². The van der Waals surface area contributed by atoms with Crippen molar-refractivity contribution in [2.75, 3.05) is 18.9 Å². The van der Waals surface area contributed by atoms with E-state index in [0.29, 0.717) is 41.5 Å². The first-order valence-electron chi connectivity index (χ1n) is 11.4. The van der Waals surface area contributed by atoms with Gasteiger partial charge in [-0.1, -0.05) is 13.8 Å². The normalized spacial score (nSPS) is 49.4. The molecule has 0 amide bonds. The number of fused-ring (bicyclic) bond motifs is 5. The van der Waals surface area contributed by atoms with Gasteiger partial charge in [0.05, 0.1) is 0 Å². The second-order valence-corrected chi connectivity index (χ2v) is 11.9. The number of ketones is 1. The fourth-order valence-electron chi connectivity index (χ4n) is 7.93. The standard InChI is InChI=1S/C23H39NO2S/c1-22-8-6-16(27-11-3-10-24)13-20(22)15(14-25)12-17-18-4-5-21(26)23(18,2)9-7-19(17)22/h15-20,25H,3-14,24H2,1-2H3/t15-,16-,17+,18+,19+,20?,22-,23+/m1/s1. The maximum atomic E-state index is 12.6. The summed E-state index contributed by atoms with van der Waals surface area (Å²) in [5.41, 5.74) is 5.99. The Morgan fingerprint density at radius 3 is 2.67 bits per heavy atom. The third kappa shape index (κ3) is 3.22. The monoisotopic (exact) mass is 393 g/mol. The maximum absolute atomic E-state index is 12.6. The van der Waals surface area contributed by atoms with Crippen LogP contribution in [0.1, 0.15) is 71.6 Å². The van der Waals surface area contributed by atoms with Gasteiger partial charge in [0, 0.05) is 23.7 Å². The van der Waals surface area contributed by atoms with Gasteiger partial charge in [-0.15, -0.1) is 0 Å². The molecule has 4 aliphatic carbocycles. The van der Waals surface area contributed by atoms with Crippen molar-refractivity contribution in [1.29, 1.82) is 0 Å². The Bertz CT molecular complexity index is 569. The molecule has 27 heavy (non-hydrogen) atoms. The van der Waals surface area contributed by atoms with Gasteiger partial charge < -0.3 is 10.8 Å². The van der Waals surface area contributed by atoms with Gasteiger partial charge >= 0.3 is 0 Å². The van der Waals surface area contributed by atoms with E-state index in [4.69, 9.17) is 5.73 Å². The Morgan fingerprint density at radius 2 is 1.93 bits per heavy atom. The van der Waals surface area contributed by atoms with E-state index in [0.717, 1.165) is 49.8 Å². The van der Waals surface area contributed by atoms with Crippen LogP contribution in [0, 0.1) is 40.4 Å². The highest BCUT2D eigenvalue weighted by atomic mass is 32.2. The van der Waals surface area contributed by atoms with Gasteiger partial charge in [0.1, 0.15) is 5.78 Å². The minimum absolute atomic E-state index is 0.0559. The Labute approximate surface area is 169 Å². The molecule has 3 N–H and O–H groups in total. The lowest BCUT2D eigenvalue weighted by Gasteiger charge is -2.62. The number of nitrogens with two attached hydrogens (primary N) is 1. The topological polar surface area (TPSA) is 63.3 Å². The zero-order chi connectivity index (χ0) is 19.2. The highest BCUT2D eigenvalue weighted by molar-refractivity contribution is 7.99. The second-order valence-electron chi connectivity index (χ2n) is 10.5. The number of rotatable bonds is 5. The Balaban J connectivity index is 1.54. The lowest BCUT2D eigenvalue weighted by molar-refractivity contribution is -0.149. The average molecular weight is 394 g/mol. The summed E-state index contributed by atoms with van der Waals surface area (Å²) in [6, 6.07) is 0. The van der Waals surface area contributed by atoms with Gasteiger partial charge in [-0.3, -0.25) is 4.79 Å². The molecule has 0 aromatic carbocycles. The molecule has 4 fully saturated rings. The van der Waals surface area contributed by atoms with E-state index in [1.807, 2.05) is 0 Å². The van der Waals surface area contributed by atoms with E-state index in [1.165, 1.54) is 31.4 Å². The molecule has 0 bridgehead atoms. The molecular weight excluding hydrogens is 354 g/mol. The van der Waals surface area contributed by atoms with Crippen molar-refractivity contribution < 1.29 is 9.90 Å². The van der Waals surface area contributed by atoms with Gasteiger partial charge in [-0.2, -0.15) is 11.8 Å². The largest absolute Gasteiger partial charge is 0.396 e. The Morgan fingerprint density at radius 1 is 1.11 bits per heavy atom. The van der Waals surface area contributed by atoms with Gasteiger partial charge in [0.15, 0.2) is 0 Å². The fraction of sp³-hybridized carbons (Fsp3) is 0.957. The molecule has 0 aliphatic heterocycles. The van der Waals surface area contributed by atoms with Crippen LogP contribution < -0.4 is 5.73 Å². The maximum Gasteiger partial charge on any atom is 0.139 e. The molecule has 4 aliphatic rings. The predicted molar refractivity (Wildman–Crippen MR) is 113 cm³/mol. The zero-order valence-electron chi connectivity index (χ0n) is 17.3. The van der Waals surface area contributed by atoms with Gasteiger partial charge in [0.25, 0.3) is 0 Å². The average Bonchev–Trinajstić information content (AvgIpc) is 2.96. The van der Waals surface area contributed by atoms with Gasteiger partial charge in [0.2, 0.25) is 0 Å². The molecule has 4 rings (SSSR count). The van der Waals surface area contributed by atoms with Gasteiger partial charge in [-0.25, -0.2) is 0 Å². The van der Waals surface area contributed by atoms with Crippen molar-refractivity contribution in [2.45, 2.75) is 76.9 Å². The van der Waals surface area contributed by atoms with Crippen molar-refractivity contribution in [3.05, 3.63) is 0 Å². The minimum Gasteiger partial charge on any atom is -0.396 e. The Hall–Kier alpha value is -0.0600. The number of aliphatic hydroxyl groups excluding tert-OH is 1. The number of carbonyl (C=O) groups is 1. The first kappa shape index (κ1) is 20.2. The number of hydrogen-bond donors (Lipinski definition) is 2. The van der Waals surface area contributed by atoms with Crippen LogP contribution in [0.3, 0.4) is 0 Å². The van der Waals surface area contributed by atoms with E-state index in [2.05, 4.69) is 25.6 Å². The van der Waals surface area contributed by atoms with E-state index in [-0.39, 0.29) is 5.41 Å². The summed E-state index contributed by atoms with van der Waals surface area (Å²) in [5.74, 6) is 4.81. The highest BCUT2D eigenvalue weighted by Gasteiger charge is 2.61. The van der Waals surface area contributed by atoms with Crippen LogP contribution in [0.15, 0.2) is 0 Å². The first-order valence-corrected chi connectivity index (χ1v) is 12.4. The van der Waals surface area contributed by atoms with E-state index >= 15 is 0 Å². The SMILES string of the molecule is C[C@]12CC[C@@H](SCCCN)CC1[C@@H](CO)C[C@@H]1[C@@H]2CC[C@]2(C)C(=O)CC[C@@H]12. The van der Waals surface area contributed by atoms with Crippen LogP contribution in [0.2, 0.25) is 0 Å². The first-order chi connectivity index (χ1) is 12.9. The van der Waals surface area contributed by atoms with Crippen LogP contribution in [0.4, 0.5) is 0 Å². The molecule has 3 nitrogen and oxygen atoms in total. The smallest absolute Gasteiger partial charge is 0.139 e. The van der Waals surface area contributed by atoms with Crippen molar-refractivity contribution in [2.24, 2.45) is 46.2 Å². The summed E-state index contributed by atoms with van der Waals surface area (Å²) in [4.78, 5) is 12.6. The number of Topliss-reactive ketones (excluding diaryl/α,β-unsaturated/α-hetero) is 1. The molecule has 154 valence electrons. The summed E-state index contributed by atoms with van der Waals surface area (Å²) < 4.78 is 0. The fourth-order valence-corrected chi connectivity index (χ4v) is 9.22. The van der Waals surface area contributed by atoms with Crippen LogP contribution in [-0.2, 0) is 4.79 Å². The number of carbonyl (C=O) groups excluding carboxylic acids is 1. The summed E-state index contributed by atoms with van der Waals surface area (Å²) in [6.45, 7) is 5.94. The predicted octanol–water partition coefficient (Wildman–Crippen LogP) is 4.27. The lowest BCUT2D eigenvalue weighted by atomic mass is 9.43. The molecule has 0 radical (unpaired) electrons. The minimum atomic E-state index is -0.0559. The summed E-state index contributed by atoms with van der Waals surface area (Å²) in [5, 5.41) is 11.1. The molecule has 8 atom stereocenters. The molecule has 0 spiro atoms. The van der Waals surface area contributed by atoms with Crippen LogP contribution in [-0.4, -0.2) is 35.0 Å². The molecule has 0 aromatic rings. The van der Waals surface area contributed by atoms with Crippen molar-refractivity contribution >= 4 is 17.5 Å². The third-order valence-electron chi connectivity index (χ3n) is 9.44. The summed E-state index contributed by atoms with van der Waals surface area (Å²) in [6.07, 6.45) is 10.4. The summed E-state index contributed by atoms with van der Waals surface area (Å²) >= 11 is 2.13. The molecule has 1 unspecified atom stereocenters. The Kier molecular flexibility index (Phi) is 5.73. The molecule has 0 aromatic heterocycles. The van der Waals surface area contributed by atoms with Crippen molar-refractivity contribution in [3.8, 4) is 0 Å². The van der Waals surface area contributed by atoms with E-state index < -0.39 is 0 Å². The molecule has 0 saturated heterocycles. The molecule has 4 heteroatoms. The van der Waals surface area contributed by atoms with Gasteiger partial charge in [-0.05, 0) is 98.7 Å².